The van der Waals surface area contributed by atoms with Crippen molar-refractivity contribution >= 4 is 28.4 Å². The highest BCUT2D eigenvalue weighted by Gasteiger charge is 2.14. The second-order valence-electron chi connectivity index (χ2n) is 6.06. The maximum Gasteiger partial charge on any atom is 0.258 e. The Labute approximate surface area is 156 Å². The van der Waals surface area contributed by atoms with Crippen LogP contribution in [0.15, 0.2) is 53.3 Å². The molecule has 1 N–H and O–H groups in total. The highest BCUT2D eigenvalue weighted by molar-refractivity contribution is 6.30. The summed E-state index contributed by atoms with van der Waals surface area (Å²) in [6, 6.07) is 14.7. The normalized spacial score (nSPS) is 10.8. The van der Waals surface area contributed by atoms with Gasteiger partial charge in [-0.1, -0.05) is 35.9 Å². The number of benzene rings is 2. The van der Waals surface area contributed by atoms with E-state index in [1.165, 1.54) is 0 Å². The van der Waals surface area contributed by atoms with E-state index in [2.05, 4.69) is 9.97 Å². The van der Waals surface area contributed by atoms with Gasteiger partial charge in [0.15, 0.2) is 0 Å². The first-order valence-corrected chi connectivity index (χ1v) is 8.94. The van der Waals surface area contributed by atoms with Crippen LogP contribution in [0.1, 0.15) is 24.7 Å². The highest BCUT2D eigenvalue weighted by atomic mass is 35.5. The molecular weight excluding hydrogens is 350 g/mol. The fourth-order valence-corrected chi connectivity index (χ4v) is 2.95. The summed E-state index contributed by atoms with van der Waals surface area (Å²) in [7, 11) is 0. The number of halogens is 1. The molecule has 0 fully saturated rings. The molecule has 1 aromatic heterocycles. The minimum atomic E-state index is -0.185. The molecule has 0 unspecified atom stereocenters. The molecule has 0 aliphatic heterocycles. The smallest absolute Gasteiger partial charge is 0.258 e. The zero-order chi connectivity index (χ0) is 18.5. The number of aromatic amines is 1. The van der Waals surface area contributed by atoms with Crippen LogP contribution in [0.5, 0.6) is 0 Å². The fourth-order valence-electron chi connectivity index (χ4n) is 2.83. The molecule has 0 radical (unpaired) electrons. The predicted octanol–water partition coefficient (Wildman–Crippen LogP) is 3.56. The number of nitrogens with one attached hydrogen (secondary N) is 1. The molecule has 3 rings (SSSR count). The van der Waals surface area contributed by atoms with Gasteiger partial charge in [0.2, 0.25) is 5.91 Å². The van der Waals surface area contributed by atoms with Crippen molar-refractivity contribution < 1.29 is 4.79 Å². The van der Waals surface area contributed by atoms with Crippen LogP contribution in [0, 0.1) is 0 Å². The first kappa shape index (κ1) is 18.1. The van der Waals surface area contributed by atoms with Crippen molar-refractivity contribution in [2.75, 3.05) is 6.54 Å². The van der Waals surface area contributed by atoms with Crippen LogP contribution in [0.3, 0.4) is 0 Å². The van der Waals surface area contributed by atoms with Crippen LogP contribution < -0.4 is 5.56 Å². The van der Waals surface area contributed by atoms with Crippen LogP contribution in [0.2, 0.25) is 5.02 Å². The quantitative estimate of drug-likeness (QED) is 0.722. The van der Waals surface area contributed by atoms with Crippen LogP contribution in [-0.4, -0.2) is 27.3 Å². The van der Waals surface area contributed by atoms with Gasteiger partial charge in [-0.2, -0.15) is 0 Å². The number of hydrogen-bond acceptors (Lipinski definition) is 3. The molecule has 6 heteroatoms. The molecule has 0 spiro atoms. The Balaban J connectivity index is 1.69. The first-order valence-electron chi connectivity index (χ1n) is 8.57. The standard InChI is InChI=1S/C20H20ClN3O2/c1-2-24(19(25)12-9-14-7-10-15(21)11-8-14)13-18-22-17-6-4-3-5-16(17)20(26)23-18/h3-8,10-11H,2,9,12-13H2,1H3,(H,22,23,26). The minimum Gasteiger partial charge on any atom is -0.335 e. The van der Waals surface area contributed by atoms with Gasteiger partial charge in [0.25, 0.3) is 5.56 Å². The van der Waals surface area contributed by atoms with E-state index in [4.69, 9.17) is 11.6 Å². The number of hydrogen-bond donors (Lipinski definition) is 1. The molecule has 2 aromatic carbocycles. The Morgan fingerprint density at radius 3 is 2.62 bits per heavy atom. The molecule has 0 bridgehead atoms. The highest BCUT2D eigenvalue weighted by Crippen LogP contribution is 2.12. The van der Waals surface area contributed by atoms with E-state index < -0.39 is 0 Å². The van der Waals surface area contributed by atoms with Gasteiger partial charge in [0.05, 0.1) is 17.4 Å². The summed E-state index contributed by atoms with van der Waals surface area (Å²) in [6.07, 6.45) is 1.04. The van der Waals surface area contributed by atoms with Crippen molar-refractivity contribution in [2.45, 2.75) is 26.3 Å². The maximum atomic E-state index is 12.5. The van der Waals surface area contributed by atoms with Crippen molar-refractivity contribution in [2.24, 2.45) is 0 Å². The topological polar surface area (TPSA) is 66.1 Å². The van der Waals surface area contributed by atoms with Crippen LogP contribution in [0.4, 0.5) is 0 Å². The van der Waals surface area contributed by atoms with Gasteiger partial charge in [0, 0.05) is 18.0 Å². The SMILES string of the molecule is CCN(Cc1nc2ccccc2c(=O)[nH]1)C(=O)CCc1ccc(Cl)cc1. The zero-order valence-electron chi connectivity index (χ0n) is 14.5. The van der Waals surface area contributed by atoms with Gasteiger partial charge in [-0.25, -0.2) is 4.98 Å². The van der Waals surface area contributed by atoms with E-state index in [1.54, 1.807) is 23.1 Å². The summed E-state index contributed by atoms with van der Waals surface area (Å²) in [4.78, 5) is 33.7. The molecule has 1 heterocycles. The number of aromatic nitrogens is 2. The Bertz CT molecular complexity index is 967. The number of carbonyl (C=O) groups excluding carboxylic acids is 1. The van der Waals surface area contributed by atoms with Crippen LogP contribution >= 0.6 is 11.6 Å². The second kappa shape index (κ2) is 8.15. The minimum absolute atomic E-state index is 0.0262. The molecule has 0 saturated carbocycles. The van der Waals surface area contributed by atoms with Gasteiger partial charge >= 0.3 is 0 Å². The van der Waals surface area contributed by atoms with Gasteiger partial charge < -0.3 is 9.88 Å². The van der Waals surface area contributed by atoms with Gasteiger partial charge in [-0.05, 0) is 43.2 Å². The average molecular weight is 370 g/mol. The van der Waals surface area contributed by atoms with E-state index in [1.807, 2.05) is 37.3 Å². The molecule has 0 atom stereocenters. The van der Waals surface area contributed by atoms with Crippen molar-refractivity contribution in [3.05, 3.63) is 75.3 Å². The lowest BCUT2D eigenvalue weighted by atomic mass is 10.1. The molecule has 134 valence electrons. The summed E-state index contributed by atoms with van der Waals surface area (Å²) in [5, 5.41) is 1.23. The monoisotopic (exact) mass is 369 g/mol. The van der Waals surface area contributed by atoms with Crippen molar-refractivity contribution in [3.8, 4) is 0 Å². The summed E-state index contributed by atoms with van der Waals surface area (Å²) < 4.78 is 0. The zero-order valence-corrected chi connectivity index (χ0v) is 15.3. The van der Waals surface area contributed by atoms with E-state index in [-0.39, 0.29) is 18.0 Å². The lowest BCUT2D eigenvalue weighted by Crippen LogP contribution is -2.32. The summed E-state index contributed by atoms with van der Waals surface area (Å²) in [5.41, 5.74) is 1.52. The lowest BCUT2D eigenvalue weighted by molar-refractivity contribution is -0.131. The molecule has 26 heavy (non-hydrogen) atoms. The van der Waals surface area contributed by atoms with Crippen molar-refractivity contribution in [1.29, 1.82) is 0 Å². The number of fused-ring (bicyclic) bond motifs is 1. The second-order valence-corrected chi connectivity index (χ2v) is 6.50. The Morgan fingerprint density at radius 2 is 1.88 bits per heavy atom. The third-order valence-electron chi connectivity index (χ3n) is 4.28. The van der Waals surface area contributed by atoms with Crippen LogP contribution in [-0.2, 0) is 17.8 Å². The van der Waals surface area contributed by atoms with Gasteiger partial charge in [0.1, 0.15) is 5.82 Å². The number of nitrogens with zero attached hydrogens (tertiary/aromatic N) is 2. The Hall–Kier alpha value is -2.66. The van der Waals surface area contributed by atoms with Crippen molar-refractivity contribution in [1.82, 2.24) is 14.9 Å². The number of para-hydroxylation sites is 1. The van der Waals surface area contributed by atoms with E-state index in [0.29, 0.717) is 41.1 Å². The first-order chi connectivity index (χ1) is 12.6. The number of amides is 1. The molecule has 1 amide bonds. The van der Waals surface area contributed by atoms with E-state index in [0.717, 1.165) is 5.56 Å². The van der Waals surface area contributed by atoms with Crippen molar-refractivity contribution in [3.63, 3.8) is 0 Å². The van der Waals surface area contributed by atoms with E-state index in [9.17, 15) is 9.59 Å². The maximum absolute atomic E-state index is 12.5. The molecular formula is C20H20ClN3O2. The summed E-state index contributed by atoms with van der Waals surface area (Å²) in [5.74, 6) is 0.522. The third-order valence-corrected chi connectivity index (χ3v) is 4.53. The average Bonchev–Trinajstić information content (AvgIpc) is 2.65. The molecule has 0 aliphatic carbocycles. The molecule has 0 aliphatic rings. The van der Waals surface area contributed by atoms with E-state index >= 15 is 0 Å². The number of rotatable bonds is 6. The van der Waals surface area contributed by atoms with Gasteiger partial charge in [-0.3, -0.25) is 9.59 Å². The van der Waals surface area contributed by atoms with Gasteiger partial charge in [-0.15, -0.1) is 0 Å². The number of H-pyrrole nitrogens is 1. The largest absolute Gasteiger partial charge is 0.335 e. The lowest BCUT2D eigenvalue weighted by Gasteiger charge is -2.20. The van der Waals surface area contributed by atoms with Crippen LogP contribution in [0.25, 0.3) is 10.9 Å². The number of aryl methyl sites for hydroxylation is 1. The third kappa shape index (κ3) is 4.29. The molecule has 5 nitrogen and oxygen atoms in total. The fraction of sp³-hybridized carbons (Fsp3) is 0.250. The predicted molar refractivity (Wildman–Crippen MR) is 103 cm³/mol. The summed E-state index contributed by atoms with van der Waals surface area (Å²) in [6.45, 7) is 2.76. The summed E-state index contributed by atoms with van der Waals surface area (Å²) >= 11 is 5.88. The molecule has 3 aromatic rings. The Morgan fingerprint density at radius 1 is 1.15 bits per heavy atom. The molecule has 0 saturated heterocycles. The Kier molecular flexibility index (Phi) is 5.68. The number of carbonyl (C=O) groups is 1.